The molecule has 6 nitrogen and oxygen atoms in total. The summed E-state index contributed by atoms with van der Waals surface area (Å²) in [6.07, 6.45) is 1.78. The Balaban J connectivity index is 1.84. The van der Waals surface area contributed by atoms with Crippen LogP contribution in [0.2, 0.25) is 0 Å². The molecule has 112 valence electrons. The summed E-state index contributed by atoms with van der Waals surface area (Å²) in [6.45, 7) is 0. The maximum Gasteiger partial charge on any atom is 0.269 e. The minimum absolute atomic E-state index is 0.0537. The number of hydrazine groups is 1. The topological polar surface area (TPSA) is 79.5 Å². The molecule has 0 saturated heterocycles. The molecule has 1 aromatic rings. The molecule has 0 bridgehead atoms. The van der Waals surface area contributed by atoms with Crippen LogP contribution in [-0.4, -0.2) is 24.0 Å². The number of hydrogen-bond donors (Lipinski definition) is 3. The van der Waals surface area contributed by atoms with Crippen molar-refractivity contribution in [2.24, 2.45) is 5.92 Å². The van der Waals surface area contributed by atoms with E-state index in [2.05, 4.69) is 32.1 Å². The van der Waals surface area contributed by atoms with Crippen molar-refractivity contribution in [3.63, 3.8) is 0 Å². The van der Waals surface area contributed by atoms with Crippen LogP contribution >= 0.6 is 28.1 Å². The summed E-state index contributed by atoms with van der Waals surface area (Å²) in [6, 6.07) is 4.92. The predicted octanol–water partition coefficient (Wildman–Crippen LogP) is 1.50. The normalized spacial score (nSPS) is 13.2. The van der Waals surface area contributed by atoms with Crippen molar-refractivity contribution in [2.75, 3.05) is 7.11 Å². The van der Waals surface area contributed by atoms with Crippen LogP contribution < -0.4 is 20.9 Å². The lowest BCUT2D eigenvalue weighted by Crippen LogP contribution is -2.48. The van der Waals surface area contributed by atoms with Gasteiger partial charge in [0.1, 0.15) is 5.75 Å². The maximum atomic E-state index is 11.9. The molecule has 3 N–H and O–H groups in total. The quantitative estimate of drug-likeness (QED) is 0.554. The molecule has 0 radical (unpaired) electrons. The lowest BCUT2D eigenvalue weighted by molar-refractivity contribution is -0.120. The van der Waals surface area contributed by atoms with Crippen molar-refractivity contribution in [1.29, 1.82) is 0 Å². The van der Waals surface area contributed by atoms with E-state index in [-0.39, 0.29) is 22.8 Å². The second-order valence-electron chi connectivity index (χ2n) is 4.52. The van der Waals surface area contributed by atoms with Gasteiger partial charge in [-0.05, 0) is 59.2 Å². The van der Waals surface area contributed by atoms with Crippen LogP contribution in [0.25, 0.3) is 0 Å². The maximum absolute atomic E-state index is 11.9. The number of ether oxygens (including phenoxy) is 1. The second-order valence-corrected chi connectivity index (χ2v) is 5.78. The van der Waals surface area contributed by atoms with E-state index in [0.29, 0.717) is 15.8 Å². The Hall–Kier alpha value is -1.67. The van der Waals surface area contributed by atoms with Gasteiger partial charge in [-0.25, -0.2) is 0 Å². The van der Waals surface area contributed by atoms with Crippen LogP contribution in [0.1, 0.15) is 23.2 Å². The summed E-state index contributed by atoms with van der Waals surface area (Å²) >= 11 is 8.23. The molecule has 1 fully saturated rings. The molecule has 0 heterocycles. The lowest BCUT2D eigenvalue weighted by atomic mass is 10.2. The number of nitrogens with one attached hydrogen (secondary N) is 3. The highest BCUT2D eigenvalue weighted by molar-refractivity contribution is 9.10. The summed E-state index contributed by atoms with van der Waals surface area (Å²) in [5, 5.41) is 2.59. The van der Waals surface area contributed by atoms with E-state index in [1.54, 1.807) is 25.3 Å². The standard InChI is InChI=1S/C13H14BrN3O3S/c1-20-10-5-4-8(6-9(10)14)12(19)16-17-13(21)15-11(18)7-2-3-7/h4-7H,2-3H2,1H3,(H,16,19)(H2,15,17,18,21). The molecule has 1 aliphatic rings. The van der Waals surface area contributed by atoms with Gasteiger partial charge in [0.05, 0.1) is 11.6 Å². The van der Waals surface area contributed by atoms with Crippen LogP contribution in [0.5, 0.6) is 5.75 Å². The third-order valence-electron chi connectivity index (χ3n) is 2.89. The monoisotopic (exact) mass is 371 g/mol. The van der Waals surface area contributed by atoms with Gasteiger partial charge in [0.15, 0.2) is 5.11 Å². The summed E-state index contributed by atoms with van der Waals surface area (Å²) in [5.41, 5.74) is 5.34. The summed E-state index contributed by atoms with van der Waals surface area (Å²) in [7, 11) is 1.54. The Labute approximate surface area is 135 Å². The fourth-order valence-corrected chi connectivity index (χ4v) is 2.28. The van der Waals surface area contributed by atoms with Gasteiger partial charge in [-0.2, -0.15) is 0 Å². The molecule has 1 saturated carbocycles. The Kier molecular flexibility index (Phi) is 5.13. The Morgan fingerprint density at radius 2 is 2.05 bits per heavy atom. The SMILES string of the molecule is COc1ccc(C(=O)NNC(=S)NC(=O)C2CC2)cc1Br. The van der Waals surface area contributed by atoms with Gasteiger partial charge in [-0.1, -0.05) is 0 Å². The first-order chi connectivity index (χ1) is 10.0. The third-order valence-corrected chi connectivity index (χ3v) is 3.71. The molecule has 1 aromatic carbocycles. The van der Waals surface area contributed by atoms with Crippen LogP contribution in [0, 0.1) is 5.92 Å². The third kappa shape index (κ3) is 4.40. The average Bonchev–Trinajstić information content (AvgIpc) is 3.29. The highest BCUT2D eigenvalue weighted by Crippen LogP contribution is 2.28. The van der Waals surface area contributed by atoms with Crippen molar-refractivity contribution < 1.29 is 14.3 Å². The molecule has 0 atom stereocenters. The van der Waals surface area contributed by atoms with Crippen molar-refractivity contribution in [3.05, 3.63) is 28.2 Å². The zero-order valence-corrected chi connectivity index (χ0v) is 13.6. The van der Waals surface area contributed by atoms with Gasteiger partial charge in [-0.15, -0.1) is 0 Å². The van der Waals surface area contributed by atoms with Crippen LogP contribution in [0.3, 0.4) is 0 Å². The summed E-state index contributed by atoms with van der Waals surface area (Å²) in [4.78, 5) is 23.4. The molecular formula is C13H14BrN3O3S. The minimum atomic E-state index is -0.374. The molecule has 21 heavy (non-hydrogen) atoms. The first kappa shape index (κ1) is 15.7. The van der Waals surface area contributed by atoms with Crippen molar-refractivity contribution in [3.8, 4) is 5.75 Å². The minimum Gasteiger partial charge on any atom is -0.496 e. The highest BCUT2D eigenvalue weighted by Gasteiger charge is 2.30. The van der Waals surface area contributed by atoms with Crippen molar-refractivity contribution in [1.82, 2.24) is 16.2 Å². The molecule has 1 aliphatic carbocycles. The first-order valence-corrected chi connectivity index (χ1v) is 7.46. The van der Waals surface area contributed by atoms with Gasteiger partial charge in [0, 0.05) is 11.5 Å². The van der Waals surface area contributed by atoms with E-state index in [0.717, 1.165) is 12.8 Å². The van der Waals surface area contributed by atoms with E-state index in [9.17, 15) is 9.59 Å². The Morgan fingerprint density at radius 1 is 1.33 bits per heavy atom. The second kappa shape index (κ2) is 6.86. The van der Waals surface area contributed by atoms with Gasteiger partial charge < -0.3 is 10.1 Å². The first-order valence-electron chi connectivity index (χ1n) is 6.26. The van der Waals surface area contributed by atoms with E-state index < -0.39 is 0 Å². The molecule has 2 rings (SSSR count). The van der Waals surface area contributed by atoms with Gasteiger partial charge in [0.2, 0.25) is 5.91 Å². The number of rotatable bonds is 3. The highest BCUT2D eigenvalue weighted by atomic mass is 79.9. The number of carbonyl (C=O) groups excluding carboxylic acids is 2. The number of amides is 2. The predicted molar refractivity (Wildman–Crippen MR) is 84.8 cm³/mol. The molecule has 0 aromatic heterocycles. The molecule has 0 aliphatic heterocycles. The van der Waals surface area contributed by atoms with E-state index >= 15 is 0 Å². The smallest absolute Gasteiger partial charge is 0.269 e. The number of carbonyl (C=O) groups is 2. The van der Waals surface area contributed by atoms with Crippen LogP contribution in [0.15, 0.2) is 22.7 Å². The Morgan fingerprint density at radius 3 is 2.62 bits per heavy atom. The van der Waals surface area contributed by atoms with Crippen LogP contribution in [0.4, 0.5) is 0 Å². The summed E-state index contributed by atoms with van der Waals surface area (Å²) < 4.78 is 5.76. The lowest BCUT2D eigenvalue weighted by Gasteiger charge is -2.11. The fraction of sp³-hybridized carbons (Fsp3) is 0.308. The average molecular weight is 372 g/mol. The molecule has 8 heteroatoms. The van der Waals surface area contributed by atoms with Crippen molar-refractivity contribution >= 4 is 45.1 Å². The van der Waals surface area contributed by atoms with E-state index in [1.165, 1.54) is 0 Å². The number of methoxy groups -OCH3 is 1. The number of hydrogen-bond acceptors (Lipinski definition) is 4. The fourth-order valence-electron chi connectivity index (χ4n) is 1.58. The number of thiocarbonyl (C=S) groups is 1. The Bertz CT molecular complexity index is 590. The van der Waals surface area contributed by atoms with Crippen molar-refractivity contribution in [2.45, 2.75) is 12.8 Å². The molecule has 0 spiro atoms. The largest absolute Gasteiger partial charge is 0.496 e. The zero-order chi connectivity index (χ0) is 15.4. The van der Waals surface area contributed by atoms with Gasteiger partial charge in [-0.3, -0.25) is 20.4 Å². The van der Waals surface area contributed by atoms with Gasteiger partial charge >= 0.3 is 0 Å². The number of halogens is 1. The molecule has 2 amide bonds. The molecule has 0 unspecified atom stereocenters. The van der Waals surface area contributed by atoms with E-state index in [4.69, 9.17) is 17.0 Å². The van der Waals surface area contributed by atoms with E-state index in [1.807, 2.05) is 0 Å². The number of benzene rings is 1. The van der Waals surface area contributed by atoms with Gasteiger partial charge in [0.25, 0.3) is 5.91 Å². The molecular weight excluding hydrogens is 358 g/mol. The summed E-state index contributed by atoms with van der Waals surface area (Å²) in [5.74, 6) is 0.194. The zero-order valence-electron chi connectivity index (χ0n) is 11.2. The van der Waals surface area contributed by atoms with Crippen LogP contribution in [-0.2, 0) is 4.79 Å².